The summed E-state index contributed by atoms with van der Waals surface area (Å²) in [5.41, 5.74) is 0.0146. The second kappa shape index (κ2) is 5.03. The third kappa shape index (κ3) is 3.20. The van der Waals surface area contributed by atoms with Crippen LogP contribution in [-0.2, 0) is 10.0 Å². The van der Waals surface area contributed by atoms with Crippen LogP contribution in [0.15, 0.2) is 22.4 Å². The van der Waals surface area contributed by atoms with E-state index in [1.54, 1.807) is 0 Å². The van der Waals surface area contributed by atoms with Crippen molar-refractivity contribution in [2.24, 2.45) is 0 Å². The van der Waals surface area contributed by atoms with Crippen molar-refractivity contribution in [2.75, 3.05) is 4.72 Å². The van der Waals surface area contributed by atoms with Crippen molar-refractivity contribution in [3.63, 3.8) is 0 Å². The van der Waals surface area contributed by atoms with E-state index in [0.717, 1.165) is 23.5 Å². The summed E-state index contributed by atoms with van der Waals surface area (Å²) in [4.78, 5) is 3.77. The van der Waals surface area contributed by atoms with Crippen LogP contribution in [0.25, 0.3) is 0 Å². The van der Waals surface area contributed by atoms with Crippen LogP contribution >= 0.6 is 22.9 Å². The molecule has 1 heterocycles. The molecular formula is C10H7ClF2N2O2S2. The molecule has 1 aromatic heterocycles. The van der Waals surface area contributed by atoms with E-state index in [9.17, 15) is 17.2 Å². The highest BCUT2D eigenvalue weighted by molar-refractivity contribution is 7.94. The fourth-order valence-corrected chi connectivity index (χ4v) is 4.19. The van der Waals surface area contributed by atoms with E-state index >= 15 is 0 Å². The summed E-state index contributed by atoms with van der Waals surface area (Å²) < 4.78 is 52.0. The summed E-state index contributed by atoms with van der Waals surface area (Å²) in [6.07, 6.45) is 0. The van der Waals surface area contributed by atoms with Gasteiger partial charge >= 0.3 is 0 Å². The van der Waals surface area contributed by atoms with Crippen LogP contribution in [0.2, 0.25) is 4.47 Å². The molecule has 1 aromatic carbocycles. The van der Waals surface area contributed by atoms with Gasteiger partial charge in [-0.3, -0.25) is 4.72 Å². The van der Waals surface area contributed by atoms with Crippen LogP contribution in [-0.4, -0.2) is 13.4 Å². The minimum Gasteiger partial charge on any atom is -0.279 e. The molecule has 0 radical (unpaired) electrons. The van der Waals surface area contributed by atoms with E-state index in [-0.39, 0.29) is 20.1 Å². The Morgan fingerprint density at radius 2 is 1.84 bits per heavy atom. The molecule has 0 saturated heterocycles. The van der Waals surface area contributed by atoms with Gasteiger partial charge in [-0.2, -0.15) is 0 Å². The Morgan fingerprint density at radius 3 is 2.32 bits per heavy atom. The second-order valence-electron chi connectivity index (χ2n) is 3.60. The average molecular weight is 325 g/mol. The third-order valence-corrected chi connectivity index (χ3v) is 5.34. The number of aromatic nitrogens is 1. The van der Waals surface area contributed by atoms with Crippen molar-refractivity contribution in [1.82, 2.24) is 4.98 Å². The predicted octanol–water partition coefficient (Wildman–Crippen LogP) is 3.18. The van der Waals surface area contributed by atoms with Crippen molar-refractivity contribution >= 4 is 38.6 Å². The molecule has 0 unspecified atom stereocenters. The molecule has 0 atom stereocenters. The number of nitrogens with zero attached hydrogens (tertiary/aromatic N) is 1. The van der Waals surface area contributed by atoms with Crippen LogP contribution in [0.5, 0.6) is 0 Å². The molecule has 0 amide bonds. The molecular weight excluding hydrogens is 318 g/mol. The summed E-state index contributed by atoms with van der Waals surface area (Å²) in [7, 11) is -3.97. The van der Waals surface area contributed by atoms with E-state index in [4.69, 9.17) is 11.6 Å². The van der Waals surface area contributed by atoms with Crippen LogP contribution < -0.4 is 4.72 Å². The van der Waals surface area contributed by atoms with Gasteiger partial charge in [0.2, 0.25) is 0 Å². The second-order valence-corrected chi connectivity index (χ2v) is 7.06. The molecule has 0 spiro atoms. The number of sulfonamides is 1. The Bertz CT molecular complexity index is 711. The summed E-state index contributed by atoms with van der Waals surface area (Å²) >= 11 is 6.39. The highest BCUT2D eigenvalue weighted by atomic mass is 35.5. The number of thiazole rings is 1. The summed E-state index contributed by atoms with van der Waals surface area (Å²) in [6, 6.07) is 2.39. The maximum atomic E-state index is 13.0. The molecule has 19 heavy (non-hydrogen) atoms. The van der Waals surface area contributed by atoms with Crippen LogP contribution in [0.3, 0.4) is 0 Å². The van der Waals surface area contributed by atoms with Crippen molar-refractivity contribution < 1.29 is 17.2 Å². The molecule has 9 heteroatoms. The quantitative estimate of drug-likeness (QED) is 0.943. The number of nitrogens with one attached hydrogen (secondary N) is 1. The van der Waals surface area contributed by atoms with Gasteiger partial charge in [-0.15, -0.1) is 0 Å². The summed E-state index contributed by atoms with van der Waals surface area (Å²) in [5.74, 6) is -1.76. The van der Waals surface area contributed by atoms with Crippen LogP contribution in [0, 0.1) is 18.6 Å². The Morgan fingerprint density at radius 1 is 1.26 bits per heavy atom. The lowest BCUT2D eigenvalue weighted by Gasteiger charge is -2.06. The van der Waals surface area contributed by atoms with Crippen molar-refractivity contribution in [3.8, 4) is 0 Å². The highest BCUT2D eigenvalue weighted by Crippen LogP contribution is 2.28. The molecule has 0 aliphatic rings. The van der Waals surface area contributed by atoms with Crippen LogP contribution in [0.4, 0.5) is 14.5 Å². The molecule has 102 valence electrons. The van der Waals surface area contributed by atoms with Crippen LogP contribution in [0.1, 0.15) is 5.69 Å². The molecule has 0 bridgehead atoms. The Kier molecular flexibility index (Phi) is 3.75. The number of benzene rings is 1. The van der Waals surface area contributed by atoms with Gasteiger partial charge in [0.25, 0.3) is 10.0 Å². The summed E-state index contributed by atoms with van der Waals surface area (Å²) in [6.45, 7) is 1.48. The normalized spacial score (nSPS) is 11.6. The van der Waals surface area contributed by atoms with E-state index in [1.165, 1.54) is 6.92 Å². The number of aryl methyl sites for hydroxylation is 1. The van der Waals surface area contributed by atoms with Crippen molar-refractivity contribution in [1.29, 1.82) is 0 Å². The van der Waals surface area contributed by atoms with E-state index in [0.29, 0.717) is 6.07 Å². The number of halogens is 3. The largest absolute Gasteiger partial charge is 0.279 e. The van der Waals surface area contributed by atoms with Gasteiger partial charge in [0.15, 0.2) is 8.68 Å². The molecule has 0 aliphatic heterocycles. The minimum atomic E-state index is -3.97. The average Bonchev–Trinajstić information content (AvgIpc) is 2.56. The first-order valence-electron chi connectivity index (χ1n) is 4.90. The van der Waals surface area contributed by atoms with Gasteiger partial charge in [-0.1, -0.05) is 22.9 Å². The Labute approximate surface area is 117 Å². The number of hydrogen-bond donors (Lipinski definition) is 1. The maximum Gasteiger partial charge on any atom is 0.273 e. The predicted molar refractivity (Wildman–Crippen MR) is 69.0 cm³/mol. The first-order valence-corrected chi connectivity index (χ1v) is 7.57. The minimum absolute atomic E-state index is 0.0725. The zero-order valence-corrected chi connectivity index (χ0v) is 11.8. The Hall–Kier alpha value is -1.25. The third-order valence-electron chi connectivity index (χ3n) is 2.09. The molecule has 0 fully saturated rings. The van der Waals surface area contributed by atoms with Gasteiger partial charge in [0.05, 0.1) is 11.4 Å². The lowest BCUT2D eigenvalue weighted by atomic mass is 10.3. The first kappa shape index (κ1) is 14.2. The number of hydrogen-bond acceptors (Lipinski definition) is 4. The standard InChI is InChI=1S/C10H7ClF2N2O2S2/c1-5-9(18-10(11)14-5)19(16,17)15-8-3-6(12)2-7(13)4-8/h2-4,15H,1H3. The molecule has 0 aliphatic carbocycles. The topological polar surface area (TPSA) is 59.1 Å². The van der Waals surface area contributed by atoms with E-state index in [1.807, 2.05) is 0 Å². The Balaban J connectivity index is 2.39. The molecule has 2 rings (SSSR count). The fourth-order valence-electron chi connectivity index (χ4n) is 1.41. The van der Waals surface area contributed by atoms with Crippen molar-refractivity contribution in [3.05, 3.63) is 40.0 Å². The molecule has 1 N–H and O–H groups in total. The molecule has 2 aromatic rings. The molecule has 4 nitrogen and oxygen atoms in total. The fraction of sp³-hybridized carbons (Fsp3) is 0.100. The summed E-state index contributed by atoms with van der Waals surface area (Å²) in [5, 5.41) is 0. The van der Waals surface area contributed by atoms with Gasteiger partial charge < -0.3 is 0 Å². The van der Waals surface area contributed by atoms with E-state index in [2.05, 4.69) is 9.71 Å². The smallest absolute Gasteiger partial charge is 0.273 e. The maximum absolute atomic E-state index is 13.0. The molecule has 0 saturated carbocycles. The van der Waals surface area contributed by atoms with Gasteiger partial charge in [-0.25, -0.2) is 22.2 Å². The monoisotopic (exact) mass is 324 g/mol. The number of rotatable bonds is 3. The van der Waals surface area contributed by atoms with E-state index < -0.39 is 21.7 Å². The van der Waals surface area contributed by atoms with Gasteiger partial charge in [0.1, 0.15) is 11.6 Å². The zero-order chi connectivity index (χ0) is 14.2. The number of anilines is 1. The van der Waals surface area contributed by atoms with Gasteiger partial charge in [-0.05, 0) is 19.1 Å². The lowest BCUT2D eigenvalue weighted by molar-refractivity contribution is 0.584. The zero-order valence-electron chi connectivity index (χ0n) is 9.45. The SMILES string of the molecule is Cc1nc(Cl)sc1S(=O)(=O)Nc1cc(F)cc(F)c1. The van der Waals surface area contributed by atoms with Crippen molar-refractivity contribution in [2.45, 2.75) is 11.1 Å². The first-order chi connectivity index (χ1) is 8.78. The van der Waals surface area contributed by atoms with Gasteiger partial charge in [0, 0.05) is 6.07 Å². The lowest BCUT2D eigenvalue weighted by Crippen LogP contribution is -2.13. The highest BCUT2D eigenvalue weighted by Gasteiger charge is 2.22.